The molecule has 0 unspecified atom stereocenters. The van der Waals surface area contributed by atoms with E-state index in [1.165, 1.54) is 32.4 Å². The summed E-state index contributed by atoms with van der Waals surface area (Å²) in [6.45, 7) is 2.54. The van der Waals surface area contributed by atoms with Crippen molar-refractivity contribution < 1.29 is 0 Å². The van der Waals surface area contributed by atoms with Crippen molar-refractivity contribution in [2.75, 3.05) is 13.1 Å². The van der Waals surface area contributed by atoms with Gasteiger partial charge in [0.1, 0.15) is 0 Å². The Morgan fingerprint density at radius 2 is 2.25 bits per heavy atom. The van der Waals surface area contributed by atoms with Crippen LogP contribution in [0.15, 0.2) is 0 Å². The fourth-order valence-corrected chi connectivity index (χ4v) is 1.70. The van der Waals surface area contributed by atoms with Crippen LogP contribution < -0.4 is 5.32 Å². The number of hydrogen-bond donors (Lipinski definition) is 1. The molecule has 1 N–H and O–H groups in total. The first-order chi connectivity index (χ1) is 3.91. The summed E-state index contributed by atoms with van der Waals surface area (Å²) in [6, 6.07) is 0. The zero-order valence-electron chi connectivity index (χ0n) is 5.11. The van der Waals surface area contributed by atoms with Crippen molar-refractivity contribution in [3.63, 3.8) is 0 Å². The minimum absolute atomic E-state index is 0.750. The van der Waals surface area contributed by atoms with E-state index in [4.69, 9.17) is 0 Å². The average Bonchev–Trinajstić information content (AvgIpc) is 2.07. The molecule has 0 aromatic heterocycles. The van der Waals surface area contributed by atoms with Gasteiger partial charge in [0.25, 0.3) is 0 Å². The average molecular weight is 110 g/mol. The minimum atomic E-state index is 0.750. The zero-order valence-corrected chi connectivity index (χ0v) is 5.11. The van der Waals surface area contributed by atoms with E-state index in [9.17, 15) is 0 Å². The highest BCUT2D eigenvalue weighted by molar-refractivity contribution is 5.02. The molecule has 1 heteroatoms. The SMILES string of the molecule is [CH]1CC2(C1)CCNC2. The third kappa shape index (κ3) is 0.510. The molecule has 1 heterocycles. The lowest BCUT2D eigenvalue weighted by molar-refractivity contribution is 0.231. The van der Waals surface area contributed by atoms with Crippen LogP contribution in [0, 0.1) is 11.8 Å². The molecular formula is C7H12N. The molecule has 8 heavy (non-hydrogen) atoms. The van der Waals surface area contributed by atoms with Crippen LogP contribution in [-0.2, 0) is 0 Å². The van der Waals surface area contributed by atoms with Gasteiger partial charge in [-0.25, -0.2) is 0 Å². The first-order valence-corrected chi connectivity index (χ1v) is 3.44. The van der Waals surface area contributed by atoms with Crippen molar-refractivity contribution in [3.8, 4) is 0 Å². The Bertz CT molecular complexity index is 86.6. The van der Waals surface area contributed by atoms with Gasteiger partial charge in [-0.1, -0.05) is 0 Å². The van der Waals surface area contributed by atoms with Crippen LogP contribution in [-0.4, -0.2) is 13.1 Å². The number of hydrogen-bond acceptors (Lipinski definition) is 1. The van der Waals surface area contributed by atoms with Gasteiger partial charge >= 0.3 is 0 Å². The maximum absolute atomic E-state index is 3.40. The van der Waals surface area contributed by atoms with Gasteiger partial charge in [-0.15, -0.1) is 0 Å². The summed E-state index contributed by atoms with van der Waals surface area (Å²) in [6.07, 6.45) is 6.57. The van der Waals surface area contributed by atoms with Crippen molar-refractivity contribution in [1.82, 2.24) is 5.32 Å². The third-order valence-electron chi connectivity index (χ3n) is 2.49. The van der Waals surface area contributed by atoms with Crippen molar-refractivity contribution in [2.24, 2.45) is 5.41 Å². The summed E-state index contributed by atoms with van der Waals surface area (Å²) in [5.41, 5.74) is 0.750. The highest BCUT2D eigenvalue weighted by Crippen LogP contribution is 2.44. The molecule has 2 fully saturated rings. The molecule has 0 amide bonds. The second-order valence-electron chi connectivity index (χ2n) is 3.12. The summed E-state index contributed by atoms with van der Waals surface area (Å²) < 4.78 is 0. The van der Waals surface area contributed by atoms with Gasteiger partial charge in [0, 0.05) is 6.54 Å². The zero-order chi connectivity index (χ0) is 5.45. The lowest BCUT2D eigenvalue weighted by atomic mass is 9.68. The lowest BCUT2D eigenvalue weighted by Crippen LogP contribution is -2.31. The Morgan fingerprint density at radius 3 is 2.50 bits per heavy atom. The van der Waals surface area contributed by atoms with Gasteiger partial charge in [-0.05, 0) is 37.6 Å². The molecule has 0 bridgehead atoms. The Hall–Kier alpha value is -0.0400. The first-order valence-electron chi connectivity index (χ1n) is 3.44. The third-order valence-corrected chi connectivity index (χ3v) is 2.49. The largest absolute Gasteiger partial charge is 0.316 e. The molecule has 45 valence electrons. The van der Waals surface area contributed by atoms with Gasteiger partial charge in [-0.3, -0.25) is 0 Å². The summed E-state index contributed by atoms with van der Waals surface area (Å²) in [5, 5.41) is 3.40. The van der Waals surface area contributed by atoms with E-state index in [1.807, 2.05) is 0 Å². The summed E-state index contributed by atoms with van der Waals surface area (Å²) in [4.78, 5) is 0. The van der Waals surface area contributed by atoms with Crippen LogP contribution in [0.1, 0.15) is 19.3 Å². The van der Waals surface area contributed by atoms with E-state index in [1.54, 1.807) is 0 Å². The molecular weight excluding hydrogens is 98.1 g/mol. The molecule has 1 saturated carbocycles. The molecule has 0 atom stereocenters. The van der Waals surface area contributed by atoms with E-state index in [2.05, 4.69) is 11.7 Å². The Kier molecular flexibility index (Phi) is 0.884. The topological polar surface area (TPSA) is 12.0 Å². The second-order valence-corrected chi connectivity index (χ2v) is 3.12. The molecule has 0 aromatic rings. The Balaban J connectivity index is 2.01. The summed E-state index contributed by atoms with van der Waals surface area (Å²) >= 11 is 0. The van der Waals surface area contributed by atoms with E-state index >= 15 is 0 Å². The summed E-state index contributed by atoms with van der Waals surface area (Å²) in [7, 11) is 0. The fraction of sp³-hybridized carbons (Fsp3) is 0.857. The first kappa shape index (κ1) is 4.80. The molecule has 2 rings (SSSR count). The molecule has 1 aliphatic heterocycles. The molecule has 2 aliphatic rings. The smallest absolute Gasteiger partial charge is 0.000849 e. The van der Waals surface area contributed by atoms with E-state index in [0.29, 0.717) is 0 Å². The maximum atomic E-state index is 3.40. The standard InChI is InChI=1S/C7H12N/c1-2-7(3-1)4-5-8-6-7/h1,8H,2-6H2. The molecule has 1 radical (unpaired) electrons. The molecule has 1 nitrogen and oxygen atoms in total. The van der Waals surface area contributed by atoms with Gasteiger partial charge in [0.15, 0.2) is 0 Å². The van der Waals surface area contributed by atoms with Crippen LogP contribution in [0.3, 0.4) is 0 Å². The van der Waals surface area contributed by atoms with Crippen molar-refractivity contribution in [2.45, 2.75) is 19.3 Å². The van der Waals surface area contributed by atoms with E-state index < -0.39 is 0 Å². The van der Waals surface area contributed by atoms with Crippen LogP contribution in [0.5, 0.6) is 0 Å². The Morgan fingerprint density at radius 1 is 1.38 bits per heavy atom. The number of nitrogens with one attached hydrogen (secondary N) is 1. The fourth-order valence-electron chi connectivity index (χ4n) is 1.70. The highest BCUT2D eigenvalue weighted by Gasteiger charge is 2.39. The Labute approximate surface area is 50.5 Å². The van der Waals surface area contributed by atoms with Crippen LogP contribution in [0.2, 0.25) is 0 Å². The van der Waals surface area contributed by atoms with Crippen molar-refractivity contribution in [1.29, 1.82) is 0 Å². The predicted molar refractivity (Wildman–Crippen MR) is 33.5 cm³/mol. The maximum Gasteiger partial charge on any atom is 0.000849 e. The van der Waals surface area contributed by atoms with Crippen LogP contribution >= 0.6 is 0 Å². The normalized spacial score (nSPS) is 33.0. The van der Waals surface area contributed by atoms with Gasteiger partial charge in [0.05, 0.1) is 0 Å². The van der Waals surface area contributed by atoms with Crippen LogP contribution in [0.25, 0.3) is 0 Å². The predicted octanol–water partition coefficient (Wildman–Crippen LogP) is 0.964. The van der Waals surface area contributed by atoms with Gasteiger partial charge in [0.2, 0.25) is 0 Å². The van der Waals surface area contributed by atoms with Crippen LogP contribution in [0.4, 0.5) is 0 Å². The quantitative estimate of drug-likeness (QED) is 0.490. The second kappa shape index (κ2) is 1.47. The van der Waals surface area contributed by atoms with Crippen molar-refractivity contribution >= 4 is 0 Å². The molecule has 0 aromatic carbocycles. The lowest BCUT2D eigenvalue weighted by Gasteiger charge is -2.36. The molecule has 1 aliphatic carbocycles. The monoisotopic (exact) mass is 110 g/mol. The highest BCUT2D eigenvalue weighted by atomic mass is 14.9. The summed E-state index contributed by atoms with van der Waals surface area (Å²) in [5.74, 6) is 0. The molecule has 1 saturated heterocycles. The minimum Gasteiger partial charge on any atom is -0.316 e. The molecule has 1 spiro atoms. The van der Waals surface area contributed by atoms with E-state index in [0.717, 1.165) is 5.41 Å². The van der Waals surface area contributed by atoms with Gasteiger partial charge < -0.3 is 5.32 Å². The number of rotatable bonds is 0. The van der Waals surface area contributed by atoms with Gasteiger partial charge in [-0.2, -0.15) is 0 Å². The van der Waals surface area contributed by atoms with Crippen molar-refractivity contribution in [3.05, 3.63) is 6.42 Å². The van der Waals surface area contributed by atoms with E-state index in [-0.39, 0.29) is 0 Å².